The number of nitrogens with zero attached hydrogens (tertiary/aromatic N) is 1. The number of hydrogen-bond donors (Lipinski definition) is 1. The van der Waals surface area contributed by atoms with E-state index in [9.17, 15) is 4.79 Å². The number of carbonyl (C=O) groups excluding carboxylic acids is 1. The van der Waals surface area contributed by atoms with Crippen molar-refractivity contribution in [3.05, 3.63) is 34.9 Å². The average Bonchev–Trinajstić information content (AvgIpc) is 2.47. The van der Waals surface area contributed by atoms with Crippen molar-refractivity contribution in [3.8, 4) is 0 Å². The lowest BCUT2D eigenvalue weighted by Crippen LogP contribution is -2.49. The summed E-state index contributed by atoms with van der Waals surface area (Å²) in [6.45, 7) is 8.91. The minimum absolute atomic E-state index is 0. The molecule has 1 heterocycles. The summed E-state index contributed by atoms with van der Waals surface area (Å²) in [6.07, 6.45) is 0.620. The number of benzene rings is 1. The summed E-state index contributed by atoms with van der Waals surface area (Å²) in [5.41, 5.74) is 1.11. The van der Waals surface area contributed by atoms with Gasteiger partial charge in [0, 0.05) is 31.1 Å². The van der Waals surface area contributed by atoms with Crippen molar-refractivity contribution in [2.75, 3.05) is 19.6 Å². The van der Waals surface area contributed by atoms with Crippen LogP contribution >= 0.6 is 24.0 Å². The fourth-order valence-corrected chi connectivity index (χ4v) is 2.84. The number of carbonyl (C=O) groups is 1. The first-order valence-corrected chi connectivity index (χ1v) is 8.12. The fourth-order valence-electron chi connectivity index (χ4n) is 2.64. The topological polar surface area (TPSA) is 32.3 Å². The van der Waals surface area contributed by atoms with Crippen molar-refractivity contribution in [1.82, 2.24) is 10.2 Å². The number of nitrogens with one attached hydrogen (secondary N) is 1. The minimum Gasteiger partial charge on any atom is -0.333 e. The van der Waals surface area contributed by atoms with E-state index < -0.39 is 0 Å². The second-order valence-electron chi connectivity index (χ2n) is 6.29. The minimum atomic E-state index is 0. The lowest BCUT2D eigenvalue weighted by Gasteiger charge is -2.37. The van der Waals surface area contributed by atoms with Crippen LogP contribution in [-0.2, 0) is 4.79 Å². The zero-order valence-corrected chi connectivity index (χ0v) is 15.1. The summed E-state index contributed by atoms with van der Waals surface area (Å²) in [7, 11) is 0. The van der Waals surface area contributed by atoms with E-state index in [1.165, 1.54) is 0 Å². The van der Waals surface area contributed by atoms with Crippen LogP contribution in [0, 0.1) is 11.8 Å². The molecule has 3 nitrogen and oxygen atoms in total. The van der Waals surface area contributed by atoms with E-state index in [-0.39, 0.29) is 24.4 Å². The highest BCUT2D eigenvalue weighted by Gasteiger charge is 2.28. The first-order valence-electron chi connectivity index (χ1n) is 7.74. The Morgan fingerprint density at radius 3 is 2.77 bits per heavy atom. The highest BCUT2D eigenvalue weighted by Crippen LogP contribution is 2.26. The van der Waals surface area contributed by atoms with Gasteiger partial charge in [-0.05, 0) is 29.5 Å². The molecule has 1 aliphatic heterocycles. The SMILES string of the molecule is CC(C)C(C)CC(=O)N1CCNCC1c1cccc(Cl)c1.Cl. The lowest BCUT2D eigenvalue weighted by atomic mass is 9.93. The van der Waals surface area contributed by atoms with Crippen LogP contribution in [0.3, 0.4) is 0 Å². The van der Waals surface area contributed by atoms with Crippen LogP contribution in [0.15, 0.2) is 24.3 Å². The van der Waals surface area contributed by atoms with Crippen molar-refractivity contribution < 1.29 is 4.79 Å². The predicted octanol–water partition coefficient (Wildman–Crippen LogP) is 3.92. The molecule has 0 bridgehead atoms. The molecule has 0 saturated carbocycles. The molecule has 2 rings (SSSR count). The van der Waals surface area contributed by atoms with Gasteiger partial charge < -0.3 is 10.2 Å². The second-order valence-corrected chi connectivity index (χ2v) is 6.72. The van der Waals surface area contributed by atoms with Crippen LogP contribution in [0.1, 0.15) is 38.8 Å². The van der Waals surface area contributed by atoms with Gasteiger partial charge in [-0.25, -0.2) is 0 Å². The normalized spacial score (nSPS) is 19.7. The molecule has 0 aliphatic carbocycles. The summed E-state index contributed by atoms with van der Waals surface area (Å²) in [4.78, 5) is 14.7. The Bertz CT molecular complexity index is 493. The summed E-state index contributed by atoms with van der Waals surface area (Å²) in [5.74, 6) is 1.19. The Morgan fingerprint density at radius 2 is 2.14 bits per heavy atom. The smallest absolute Gasteiger partial charge is 0.223 e. The van der Waals surface area contributed by atoms with Crippen molar-refractivity contribution in [2.45, 2.75) is 33.2 Å². The molecule has 22 heavy (non-hydrogen) atoms. The average molecular weight is 345 g/mol. The molecule has 2 unspecified atom stereocenters. The largest absolute Gasteiger partial charge is 0.333 e. The first-order chi connectivity index (χ1) is 9.99. The molecule has 0 radical (unpaired) electrons. The zero-order valence-electron chi connectivity index (χ0n) is 13.5. The van der Waals surface area contributed by atoms with E-state index in [1.54, 1.807) is 0 Å². The van der Waals surface area contributed by atoms with E-state index >= 15 is 0 Å². The Kier molecular flexibility index (Phi) is 7.67. The summed E-state index contributed by atoms with van der Waals surface area (Å²) in [6, 6.07) is 7.92. The van der Waals surface area contributed by atoms with Gasteiger partial charge in [-0.3, -0.25) is 4.79 Å². The molecule has 1 saturated heterocycles. The zero-order chi connectivity index (χ0) is 15.4. The van der Waals surface area contributed by atoms with Crippen LogP contribution in [-0.4, -0.2) is 30.4 Å². The van der Waals surface area contributed by atoms with Crippen molar-refractivity contribution in [1.29, 1.82) is 0 Å². The van der Waals surface area contributed by atoms with Crippen molar-refractivity contribution in [3.63, 3.8) is 0 Å². The molecule has 1 N–H and O–H groups in total. The predicted molar refractivity (Wildman–Crippen MR) is 94.6 cm³/mol. The van der Waals surface area contributed by atoms with Crippen molar-refractivity contribution in [2.24, 2.45) is 11.8 Å². The maximum atomic E-state index is 12.6. The quantitative estimate of drug-likeness (QED) is 0.897. The molecule has 1 aromatic carbocycles. The molecule has 1 aliphatic rings. The van der Waals surface area contributed by atoms with Crippen LogP contribution in [0.5, 0.6) is 0 Å². The van der Waals surface area contributed by atoms with E-state index in [4.69, 9.17) is 11.6 Å². The Morgan fingerprint density at radius 1 is 1.41 bits per heavy atom. The Balaban J connectivity index is 0.00000242. The number of hydrogen-bond acceptors (Lipinski definition) is 2. The Labute approximate surface area is 144 Å². The van der Waals surface area contributed by atoms with Crippen LogP contribution in [0.4, 0.5) is 0 Å². The van der Waals surface area contributed by atoms with Gasteiger partial charge in [-0.2, -0.15) is 0 Å². The third-order valence-corrected chi connectivity index (χ3v) is 4.67. The van der Waals surface area contributed by atoms with Crippen LogP contribution in [0.2, 0.25) is 5.02 Å². The number of piperazine rings is 1. The summed E-state index contributed by atoms with van der Waals surface area (Å²) >= 11 is 6.09. The molecule has 1 aromatic rings. The van der Waals surface area contributed by atoms with Gasteiger partial charge in [0.1, 0.15) is 0 Å². The molecule has 2 atom stereocenters. The van der Waals surface area contributed by atoms with Gasteiger partial charge in [0.25, 0.3) is 0 Å². The van der Waals surface area contributed by atoms with E-state index in [2.05, 4.69) is 32.2 Å². The lowest BCUT2D eigenvalue weighted by molar-refractivity contribution is -0.135. The van der Waals surface area contributed by atoms with E-state index in [1.807, 2.05) is 23.1 Å². The monoisotopic (exact) mass is 344 g/mol. The molecule has 5 heteroatoms. The number of amides is 1. The third kappa shape index (κ3) is 4.87. The van der Waals surface area contributed by atoms with Gasteiger partial charge in [0.15, 0.2) is 0 Å². The number of halogens is 2. The van der Waals surface area contributed by atoms with E-state index in [0.717, 1.165) is 30.2 Å². The fraction of sp³-hybridized carbons (Fsp3) is 0.588. The molecule has 1 fully saturated rings. The van der Waals surface area contributed by atoms with Crippen LogP contribution < -0.4 is 5.32 Å². The van der Waals surface area contributed by atoms with Crippen LogP contribution in [0.25, 0.3) is 0 Å². The highest BCUT2D eigenvalue weighted by molar-refractivity contribution is 6.30. The second kappa shape index (κ2) is 8.76. The van der Waals surface area contributed by atoms with Gasteiger partial charge in [0.05, 0.1) is 6.04 Å². The Hall–Kier alpha value is -0.770. The van der Waals surface area contributed by atoms with Gasteiger partial charge in [-0.15, -0.1) is 12.4 Å². The molecule has 0 spiro atoms. The summed E-state index contributed by atoms with van der Waals surface area (Å²) in [5, 5.41) is 4.10. The summed E-state index contributed by atoms with van der Waals surface area (Å²) < 4.78 is 0. The molecule has 124 valence electrons. The first kappa shape index (κ1) is 19.3. The highest BCUT2D eigenvalue weighted by atomic mass is 35.5. The molecule has 1 amide bonds. The number of rotatable bonds is 4. The maximum Gasteiger partial charge on any atom is 0.223 e. The van der Waals surface area contributed by atoms with Gasteiger partial charge >= 0.3 is 0 Å². The molecule has 0 aromatic heterocycles. The molecular formula is C17H26Cl2N2O. The van der Waals surface area contributed by atoms with Crippen molar-refractivity contribution >= 4 is 29.9 Å². The maximum absolute atomic E-state index is 12.6. The third-order valence-electron chi connectivity index (χ3n) is 4.43. The molecular weight excluding hydrogens is 319 g/mol. The van der Waals surface area contributed by atoms with E-state index in [0.29, 0.717) is 18.3 Å². The van der Waals surface area contributed by atoms with Gasteiger partial charge in [-0.1, -0.05) is 44.5 Å². The van der Waals surface area contributed by atoms with Gasteiger partial charge in [0.2, 0.25) is 5.91 Å². The standard InChI is InChI=1S/C17H25ClN2O.ClH/c1-12(2)13(3)9-17(21)20-8-7-19-11-16(20)14-5-4-6-15(18)10-14;/h4-6,10,12-13,16,19H,7-9,11H2,1-3H3;1H.